The molecule has 0 bridgehead atoms. The van der Waals surface area contributed by atoms with E-state index >= 15 is 0 Å². The van der Waals surface area contributed by atoms with Gasteiger partial charge in [0.1, 0.15) is 0 Å². The first-order valence-corrected chi connectivity index (χ1v) is 12.5. The second-order valence-corrected chi connectivity index (χ2v) is 10.3. The molecule has 5 aromatic rings. The first-order valence-electron chi connectivity index (χ1n) is 10.2. The van der Waals surface area contributed by atoms with Crippen LogP contribution in [0.3, 0.4) is 0 Å². The van der Waals surface area contributed by atoms with Crippen LogP contribution in [-0.4, -0.2) is 19.3 Å². The number of carbonyl (C=O) groups excluding carboxylic acids is 1. The molecule has 6 nitrogen and oxygen atoms in total. The Balaban J connectivity index is 1.44. The normalized spacial score (nSPS) is 11.5. The van der Waals surface area contributed by atoms with E-state index < -0.39 is 15.9 Å². The molecule has 0 spiro atoms. The zero-order chi connectivity index (χ0) is 23.0. The van der Waals surface area contributed by atoms with Gasteiger partial charge in [0.05, 0.1) is 26.4 Å². The topological polar surface area (TPSA) is 88.2 Å². The summed E-state index contributed by atoms with van der Waals surface area (Å²) in [5.74, 6) is -0.444. The Hall–Kier alpha value is -3.75. The van der Waals surface area contributed by atoms with E-state index in [0.717, 1.165) is 26.6 Å². The van der Waals surface area contributed by atoms with Crippen LogP contribution in [-0.2, 0) is 10.0 Å². The number of aromatic nitrogens is 1. The number of benzene rings is 4. The fourth-order valence-electron chi connectivity index (χ4n) is 3.57. The minimum atomic E-state index is -3.85. The summed E-state index contributed by atoms with van der Waals surface area (Å²) in [6.45, 7) is 1.88. The zero-order valence-corrected chi connectivity index (χ0v) is 19.2. The number of rotatable bonds is 5. The summed E-state index contributed by atoms with van der Waals surface area (Å²) < 4.78 is 29.2. The Morgan fingerprint density at radius 3 is 2.42 bits per heavy atom. The van der Waals surface area contributed by atoms with Gasteiger partial charge >= 0.3 is 0 Å². The van der Waals surface area contributed by atoms with E-state index in [-0.39, 0.29) is 16.1 Å². The second kappa shape index (κ2) is 8.31. The van der Waals surface area contributed by atoms with Crippen LogP contribution in [0.1, 0.15) is 15.9 Å². The first-order chi connectivity index (χ1) is 15.9. The quantitative estimate of drug-likeness (QED) is 0.337. The highest BCUT2D eigenvalue weighted by Crippen LogP contribution is 2.32. The molecule has 0 radical (unpaired) electrons. The van der Waals surface area contributed by atoms with Crippen molar-refractivity contribution in [3.63, 3.8) is 0 Å². The lowest BCUT2D eigenvalue weighted by Crippen LogP contribution is -2.18. The average molecular weight is 474 g/mol. The number of sulfonamides is 1. The highest BCUT2D eigenvalue weighted by atomic mass is 32.2. The van der Waals surface area contributed by atoms with Gasteiger partial charge in [-0.1, -0.05) is 71.5 Å². The van der Waals surface area contributed by atoms with Crippen LogP contribution >= 0.6 is 11.3 Å². The number of anilines is 2. The van der Waals surface area contributed by atoms with E-state index in [1.165, 1.54) is 23.5 Å². The van der Waals surface area contributed by atoms with Crippen LogP contribution in [0.15, 0.2) is 89.8 Å². The van der Waals surface area contributed by atoms with Crippen LogP contribution in [0.5, 0.6) is 0 Å². The van der Waals surface area contributed by atoms with Crippen molar-refractivity contribution in [2.75, 3.05) is 10.0 Å². The molecule has 2 N–H and O–H groups in total. The average Bonchev–Trinajstić information content (AvgIpc) is 3.22. The molecule has 0 fully saturated rings. The molecule has 1 heterocycles. The third kappa shape index (κ3) is 4.18. The molecule has 8 heteroatoms. The fourth-order valence-corrected chi connectivity index (χ4v) is 5.53. The number of amides is 1. The molecular weight excluding hydrogens is 454 g/mol. The number of aryl methyl sites for hydroxylation is 1. The smallest absolute Gasteiger partial charge is 0.261 e. The third-order valence-electron chi connectivity index (χ3n) is 5.25. The molecule has 0 unspecified atom stereocenters. The van der Waals surface area contributed by atoms with E-state index in [2.05, 4.69) is 15.0 Å². The summed E-state index contributed by atoms with van der Waals surface area (Å²) in [4.78, 5) is 17.8. The van der Waals surface area contributed by atoms with Crippen LogP contribution in [0.4, 0.5) is 10.8 Å². The van der Waals surface area contributed by atoms with Crippen molar-refractivity contribution in [1.82, 2.24) is 4.98 Å². The number of hydrogen-bond acceptors (Lipinski definition) is 5. The number of thiazole rings is 1. The van der Waals surface area contributed by atoms with Crippen LogP contribution < -0.4 is 10.0 Å². The molecule has 0 saturated heterocycles. The van der Waals surface area contributed by atoms with Crippen molar-refractivity contribution in [2.45, 2.75) is 11.8 Å². The molecule has 164 valence electrons. The van der Waals surface area contributed by atoms with E-state index in [0.29, 0.717) is 5.13 Å². The van der Waals surface area contributed by atoms with Gasteiger partial charge in [-0.3, -0.25) is 14.8 Å². The van der Waals surface area contributed by atoms with Crippen LogP contribution in [0, 0.1) is 6.92 Å². The molecular formula is C25H19N3O3S2. The Labute approximate surface area is 195 Å². The molecule has 33 heavy (non-hydrogen) atoms. The molecule has 0 saturated carbocycles. The molecule has 0 aliphatic heterocycles. The summed E-state index contributed by atoms with van der Waals surface area (Å²) in [5.41, 5.74) is 2.18. The molecule has 5 rings (SSSR count). The summed E-state index contributed by atoms with van der Waals surface area (Å²) in [7, 11) is -3.85. The summed E-state index contributed by atoms with van der Waals surface area (Å²) in [6.07, 6.45) is 0. The van der Waals surface area contributed by atoms with E-state index in [1.807, 2.05) is 43.3 Å². The Bertz CT molecular complexity index is 1610. The fraction of sp³-hybridized carbons (Fsp3) is 0.0400. The van der Waals surface area contributed by atoms with Gasteiger partial charge in [0.15, 0.2) is 5.13 Å². The van der Waals surface area contributed by atoms with Gasteiger partial charge in [-0.2, -0.15) is 0 Å². The van der Waals surface area contributed by atoms with Gasteiger partial charge in [-0.25, -0.2) is 13.4 Å². The van der Waals surface area contributed by atoms with Gasteiger partial charge in [0.25, 0.3) is 15.9 Å². The highest BCUT2D eigenvalue weighted by molar-refractivity contribution is 7.92. The standard InChI is InChI=1S/C25H19N3O3S2/c1-16-10-13-18(14-11-16)33(30,31)28-21-9-5-4-8-20(21)24(29)27-25-26-23-19-7-3-2-6-17(19)12-15-22(23)32-25/h2-15,28H,1H3,(H,26,27,29). The Morgan fingerprint density at radius 2 is 1.61 bits per heavy atom. The lowest BCUT2D eigenvalue weighted by Gasteiger charge is -2.12. The maximum absolute atomic E-state index is 13.1. The minimum Gasteiger partial charge on any atom is -0.298 e. The minimum absolute atomic E-state index is 0.126. The first kappa shape index (κ1) is 21.1. The summed E-state index contributed by atoms with van der Waals surface area (Å²) in [6, 6.07) is 25.0. The lowest BCUT2D eigenvalue weighted by atomic mass is 10.1. The highest BCUT2D eigenvalue weighted by Gasteiger charge is 2.19. The number of hydrogen-bond donors (Lipinski definition) is 2. The number of fused-ring (bicyclic) bond motifs is 3. The zero-order valence-electron chi connectivity index (χ0n) is 17.6. The van der Waals surface area contributed by atoms with Crippen molar-refractivity contribution in [3.8, 4) is 0 Å². The Morgan fingerprint density at radius 1 is 0.879 bits per heavy atom. The number of nitrogens with one attached hydrogen (secondary N) is 2. The van der Waals surface area contributed by atoms with Crippen molar-refractivity contribution in [2.24, 2.45) is 0 Å². The van der Waals surface area contributed by atoms with E-state index in [1.54, 1.807) is 36.4 Å². The lowest BCUT2D eigenvalue weighted by molar-refractivity contribution is 0.102. The molecule has 0 aliphatic rings. The molecule has 1 aromatic heterocycles. The van der Waals surface area contributed by atoms with E-state index in [9.17, 15) is 13.2 Å². The maximum Gasteiger partial charge on any atom is 0.261 e. The van der Waals surface area contributed by atoms with Gasteiger partial charge in [0, 0.05) is 5.39 Å². The van der Waals surface area contributed by atoms with Gasteiger partial charge in [-0.15, -0.1) is 0 Å². The Kier molecular flexibility index (Phi) is 5.32. The number of para-hydroxylation sites is 1. The maximum atomic E-state index is 13.1. The largest absolute Gasteiger partial charge is 0.298 e. The summed E-state index contributed by atoms with van der Waals surface area (Å²) in [5, 5.41) is 5.35. The number of carbonyl (C=O) groups is 1. The van der Waals surface area contributed by atoms with Crippen molar-refractivity contribution < 1.29 is 13.2 Å². The molecule has 4 aromatic carbocycles. The van der Waals surface area contributed by atoms with Crippen molar-refractivity contribution in [3.05, 3.63) is 96.1 Å². The second-order valence-electron chi connectivity index (χ2n) is 7.57. The molecule has 0 aliphatic carbocycles. The van der Waals surface area contributed by atoms with Gasteiger partial charge < -0.3 is 0 Å². The molecule has 1 amide bonds. The van der Waals surface area contributed by atoms with Crippen molar-refractivity contribution in [1.29, 1.82) is 0 Å². The third-order valence-corrected chi connectivity index (χ3v) is 7.57. The predicted octanol–water partition coefficient (Wildman–Crippen LogP) is 5.81. The number of nitrogens with zero attached hydrogens (tertiary/aromatic N) is 1. The van der Waals surface area contributed by atoms with Gasteiger partial charge in [0.2, 0.25) is 0 Å². The SMILES string of the molecule is Cc1ccc(S(=O)(=O)Nc2ccccc2C(=O)Nc2nc3c(ccc4ccccc43)s2)cc1. The molecule has 0 atom stereocenters. The van der Waals surface area contributed by atoms with Gasteiger partial charge in [-0.05, 0) is 42.6 Å². The summed E-state index contributed by atoms with van der Waals surface area (Å²) >= 11 is 1.37. The predicted molar refractivity (Wildman–Crippen MR) is 134 cm³/mol. The van der Waals surface area contributed by atoms with E-state index in [4.69, 9.17) is 0 Å². The monoisotopic (exact) mass is 473 g/mol. The van der Waals surface area contributed by atoms with Crippen molar-refractivity contribution >= 4 is 59.1 Å². The van der Waals surface area contributed by atoms with Crippen LogP contribution in [0.25, 0.3) is 21.0 Å². The van der Waals surface area contributed by atoms with Crippen LogP contribution in [0.2, 0.25) is 0 Å².